The minimum absolute atomic E-state index is 0.138. The fourth-order valence-corrected chi connectivity index (χ4v) is 2.77. The van der Waals surface area contributed by atoms with Gasteiger partial charge in [-0.3, -0.25) is 14.4 Å². The van der Waals surface area contributed by atoms with Crippen LogP contribution in [0, 0.1) is 5.92 Å². The molecule has 2 heterocycles. The van der Waals surface area contributed by atoms with Gasteiger partial charge in [0.05, 0.1) is 12.5 Å². The van der Waals surface area contributed by atoms with Crippen LogP contribution in [0.4, 0.5) is 0 Å². The van der Waals surface area contributed by atoms with Crippen molar-refractivity contribution >= 4 is 17.8 Å². The highest BCUT2D eigenvalue weighted by Crippen LogP contribution is 2.19. The summed E-state index contributed by atoms with van der Waals surface area (Å²) in [6.45, 7) is 4.45. The maximum Gasteiger partial charge on any atom is 0.312 e. The average Bonchev–Trinajstić information content (AvgIpc) is 3.00. The third kappa shape index (κ3) is 3.29. The van der Waals surface area contributed by atoms with Gasteiger partial charge in [0.2, 0.25) is 0 Å². The zero-order valence-electron chi connectivity index (χ0n) is 12.0. The van der Waals surface area contributed by atoms with Gasteiger partial charge in [0, 0.05) is 26.2 Å². The predicted molar refractivity (Wildman–Crippen MR) is 71.8 cm³/mol. The van der Waals surface area contributed by atoms with Crippen molar-refractivity contribution in [3.05, 3.63) is 0 Å². The SMILES string of the molecule is CCOC(=O)C1CCN(C(=O)C(=O)N2CCCC2)CC1. The molecule has 0 aromatic rings. The van der Waals surface area contributed by atoms with Crippen LogP contribution in [-0.4, -0.2) is 60.4 Å². The number of carbonyl (C=O) groups excluding carboxylic acids is 3. The standard InChI is InChI=1S/C14H22N2O4/c1-2-20-14(19)11-5-9-16(10-6-11)13(18)12(17)15-7-3-4-8-15/h11H,2-10H2,1H3. The van der Waals surface area contributed by atoms with Crippen molar-refractivity contribution in [1.82, 2.24) is 9.80 Å². The molecule has 2 saturated heterocycles. The van der Waals surface area contributed by atoms with Gasteiger partial charge in [-0.25, -0.2) is 0 Å². The highest BCUT2D eigenvalue weighted by Gasteiger charge is 2.33. The van der Waals surface area contributed by atoms with E-state index in [2.05, 4.69) is 0 Å². The number of rotatable bonds is 2. The number of hydrogen-bond donors (Lipinski definition) is 0. The lowest BCUT2D eigenvalue weighted by molar-refractivity contribution is -0.155. The highest BCUT2D eigenvalue weighted by atomic mass is 16.5. The summed E-state index contributed by atoms with van der Waals surface area (Å²) in [6.07, 6.45) is 3.11. The van der Waals surface area contributed by atoms with E-state index >= 15 is 0 Å². The maximum atomic E-state index is 12.1. The molecule has 0 aliphatic carbocycles. The van der Waals surface area contributed by atoms with Crippen molar-refractivity contribution in [3.63, 3.8) is 0 Å². The van der Waals surface area contributed by atoms with Crippen LogP contribution in [0.1, 0.15) is 32.6 Å². The molecule has 0 spiro atoms. The van der Waals surface area contributed by atoms with Gasteiger partial charge in [-0.05, 0) is 32.6 Å². The Kier molecular flexibility index (Phi) is 4.98. The summed E-state index contributed by atoms with van der Waals surface area (Å²) in [5.41, 5.74) is 0. The van der Waals surface area contributed by atoms with Gasteiger partial charge in [-0.2, -0.15) is 0 Å². The molecule has 2 fully saturated rings. The first-order valence-electron chi connectivity index (χ1n) is 7.38. The largest absolute Gasteiger partial charge is 0.466 e. The number of esters is 1. The Balaban J connectivity index is 1.82. The summed E-state index contributed by atoms with van der Waals surface area (Å²) < 4.78 is 4.99. The lowest BCUT2D eigenvalue weighted by atomic mass is 9.97. The zero-order chi connectivity index (χ0) is 14.5. The molecule has 0 saturated carbocycles. The Morgan fingerprint density at radius 2 is 1.45 bits per heavy atom. The van der Waals surface area contributed by atoms with E-state index in [1.54, 1.807) is 16.7 Å². The average molecular weight is 282 g/mol. The van der Waals surface area contributed by atoms with Crippen LogP contribution < -0.4 is 0 Å². The zero-order valence-corrected chi connectivity index (χ0v) is 12.0. The number of carbonyl (C=O) groups is 3. The van der Waals surface area contributed by atoms with Gasteiger partial charge >= 0.3 is 17.8 Å². The van der Waals surface area contributed by atoms with Crippen LogP contribution in [0.25, 0.3) is 0 Å². The molecule has 2 rings (SSSR count). The van der Waals surface area contributed by atoms with Crippen LogP contribution in [0.5, 0.6) is 0 Å². The summed E-state index contributed by atoms with van der Waals surface area (Å²) >= 11 is 0. The monoisotopic (exact) mass is 282 g/mol. The van der Waals surface area contributed by atoms with E-state index in [9.17, 15) is 14.4 Å². The minimum Gasteiger partial charge on any atom is -0.466 e. The molecule has 0 atom stereocenters. The van der Waals surface area contributed by atoms with E-state index in [1.165, 1.54) is 0 Å². The van der Waals surface area contributed by atoms with Gasteiger partial charge in [0.1, 0.15) is 0 Å². The molecule has 0 N–H and O–H groups in total. The third-order valence-corrected chi connectivity index (χ3v) is 3.98. The molecule has 20 heavy (non-hydrogen) atoms. The van der Waals surface area contributed by atoms with Crippen LogP contribution in [0.2, 0.25) is 0 Å². The molecular weight excluding hydrogens is 260 g/mol. The number of nitrogens with zero attached hydrogens (tertiary/aromatic N) is 2. The molecule has 6 heteroatoms. The number of likely N-dealkylation sites (tertiary alicyclic amines) is 2. The number of ether oxygens (including phenoxy) is 1. The van der Waals surface area contributed by atoms with Crippen molar-refractivity contribution in [2.24, 2.45) is 5.92 Å². The Morgan fingerprint density at radius 3 is 1.95 bits per heavy atom. The fraction of sp³-hybridized carbons (Fsp3) is 0.786. The van der Waals surface area contributed by atoms with Gasteiger partial charge in [-0.1, -0.05) is 0 Å². The maximum absolute atomic E-state index is 12.1. The molecular formula is C14H22N2O4. The lowest BCUT2D eigenvalue weighted by Crippen LogP contribution is -2.48. The van der Waals surface area contributed by atoms with Crippen LogP contribution in [0.15, 0.2) is 0 Å². The van der Waals surface area contributed by atoms with Crippen LogP contribution >= 0.6 is 0 Å². The van der Waals surface area contributed by atoms with Crippen LogP contribution in [0.3, 0.4) is 0 Å². The Morgan fingerprint density at radius 1 is 0.950 bits per heavy atom. The molecule has 2 amide bonds. The quantitative estimate of drug-likeness (QED) is 0.543. The van der Waals surface area contributed by atoms with Gasteiger partial charge in [0.15, 0.2) is 0 Å². The second-order valence-corrected chi connectivity index (χ2v) is 5.32. The minimum atomic E-state index is -0.422. The Bertz CT molecular complexity index is 383. The first kappa shape index (κ1) is 14.8. The second kappa shape index (κ2) is 6.72. The van der Waals surface area contributed by atoms with E-state index < -0.39 is 11.8 Å². The number of piperidine rings is 1. The molecule has 0 aromatic carbocycles. The third-order valence-electron chi connectivity index (χ3n) is 3.98. The van der Waals surface area contributed by atoms with Crippen molar-refractivity contribution in [1.29, 1.82) is 0 Å². The molecule has 6 nitrogen and oxygen atoms in total. The first-order chi connectivity index (χ1) is 9.63. The molecule has 2 aliphatic rings. The smallest absolute Gasteiger partial charge is 0.312 e. The van der Waals surface area contributed by atoms with Gasteiger partial charge < -0.3 is 14.5 Å². The summed E-state index contributed by atoms with van der Waals surface area (Å²) in [6, 6.07) is 0. The van der Waals surface area contributed by atoms with Crippen molar-refractivity contribution in [2.75, 3.05) is 32.8 Å². The van der Waals surface area contributed by atoms with E-state index in [-0.39, 0.29) is 11.9 Å². The van der Waals surface area contributed by atoms with E-state index in [4.69, 9.17) is 4.74 Å². The topological polar surface area (TPSA) is 66.9 Å². The Labute approximate surface area is 119 Å². The molecule has 0 unspecified atom stereocenters. The van der Waals surface area contributed by atoms with Gasteiger partial charge in [-0.15, -0.1) is 0 Å². The van der Waals surface area contributed by atoms with E-state index in [0.717, 1.165) is 12.8 Å². The van der Waals surface area contributed by atoms with E-state index in [1.807, 2.05) is 0 Å². The number of amides is 2. The summed E-state index contributed by atoms with van der Waals surface area (Å²) in [5.74, 6) is -1.14. The Hall–Kier alpha value is -1.59. The predicted octanol–water partition coefficient (Wildman–Crippen LogP) is 0.410. The molecule has 0 radical (unpaired) electrons. The second-order valence-electron chi connectivity index (χ2n) is 5.32. The van der Waals surface area contributed by atoms with Crippen LogP contribution in [-0.2, 0) is 19.1 Å². The molecule has 0 bridgehead atoms. The summed E-state index contributed by atoms with van der Waals surface area (Å²) in [4.78, 5) is 38.9. The number of hydrogen-bond acceptors (Lipinski definition) is 4. The van der Waals surface area contributed by atoms with Gasteiger partial charge in [0.25, 0.3) is 0 Å². The molecule has 2 aliphatic heterocycles. The van der Waals surface area contributed by atoms with Crippen molar-refractivity contribution < 1.29 is 19.1 Å². The fourth-order valence-electron chi connectivity index (χ4n) is 2.77. The van der Waals surface area contributed by atoms with Crippen molar-refractivity contribution in [2.45, 2.75) is 32.6 Å². The molecule has 0 aromatic heterocycles. The summed E-state index contributed by atoms with van der Waals surface area (Å²) in [7, 11) is 0. The summed E-state index contributed by atoms with van der Waals surface area (Å²) in [5, 5.41) is 0. The van der Waals surface area contributed by atoms with Crippen molar-refractivity contribution in [3.8, 4) is 0 Å². The van der Waals surface area contributed by atoms with E-state index in [0.29, 0.717) is 45.6 Å². The normalized spacial score (nSPS) is 20.1. The first-order valence-corrected chi connectivity index (χ1v) is 7.38. The highest BCUT2D eigenvalue weighted by molar-refractivity contribution is 6.34. The molecule has 112 valence electrons. The lowest BCUT2D eigenvalue weighted by Gasteiger charge is -2.31.